The zero-order valence-electron chi connectivity index (χ0n) is 8.75. The van der Waals surface area contributed by atoms with Gasteiger partial charge in [-0.15, -0.1) is 11.3 Å². The van der Waals surface area contributed by atoms with Crippen molar-refractivity contribution in [3.05, 3.63) is 23.6 Å². The van der Waals surface area contributed by atoms with Crippen molar-refractivity contribution in [3.8, 4) is 10.7 Å². The molecule has 1 N–H and O–H groups in total. The van der Waals surface area contributed by atoms with Gasteiger partial charge in [0.1, 0.15) is 5.01 Å². The normalized spacial score (nSPS) is 10.6. The second kappa shape index (κ2) is 4.44. The monoisotopic (exact) mass is 237 g/mol. The van der Waals surface area contributed by atoms with Crippen LogP contribution in [-0.2, 0) is 18.3 Å². The molecule has 2 rings (SSSR count). The Kier molecular flexibility index (Phi) is 3.00. The first-order valence-corrected chi connectivity index (χ1v) is 5.67. The van der Waals surface area contributed by atoms with Crippen molar-refractivity contribution in [1.82, 2.24) is 14.5 Å². The predicted molar refractivity (Wildman–Crippen MR) is 60.3 cm³/mol. The van der Waals surface area contributed by atoms with E-state index in [0.29, 0.717) is 6.42 Å². The van der Waals surface area contributed by atoms with Crippen molar-refractivity contribution in [2.75, 3.05) is 0 Å². The fraction of sp³-hybridized carbons (Fsp3) is 0.300. The number of aromatic nitrogens is 3. The van der Waals surface area contributed by atoms with Gasteiger partial charge in [-0.1, -0.05) is 0 Å². The molecule has 0 aliphatic rings. The highest BCUT2D eigenvalue weighted by atomic mass is 32.1. The Hall–Kier alpha value is -1.69. The van der Waals surface area contributed by atoms with Gasteiger partial charge in [0.05, 0.1) is 30.3 Å². The summed E-state index contributed by atoms with van der Waals surface area (Å²) >= 11 is 1.51. The van der Waals surface area contributed by atoms with Crippen LogP contribution in [0.3, 0.4) is 0 Å². The summed E-state index contributed by atoms with van der Waals surface area (Å²) in [5.41, 5.74) is 1.77. The molecule has 5 nitrogen and oxygen atoms in total. The number of aryl methyl sites for hydroxylation is 2. The lowest BCUT2D eigenvalue weighted by Gasteiger charge is -1.95. The highest BCUT2D eigenvalue weighted by molar-refractivity contribution is 7.13. The molecule has 0 aromatic carbocycles. The maximum Gasteiger partial charge on any atom is 0.303 e. The summed E-state index contributed by atoms with van der Waals surface area (Å²) in [4.78, 5) is 18.8. The van der Waals surface area contributed by atoms with Crippen LogP contribution in [0.1, 0.15) is 12.1 Å². The van der Waals surface area contributed by atoms with Crippen molar-refractivity contribution in [1.29, 1.82) is 0 Å². The van der Waals surface area contributed by atoms with Gasteiger partial charge in [0, 0.05) is 18.8 Å². The molecule has 0 saturated carbocycles. The van der Waals surface area contributed by atoms with Gasteiger partial charge in [0.15, 0.2) is 0 Å². The molecule has 0 saturated heterocycles. The fourth-order valence-electron chi connectivity index (χ4n) is 1.34. The Morgan fingerprint density at radius 2 is 2.44 bits per heavy atom. The number of imidazole rings is 1. The lowest BCUT2D eigenvalue weighted by molar-refractivity contribution is -0.136. The van der Waals surface area contributed by atoms with Crippen LogP contribution in [0, 0.1) is 0 Å². The maximum atomic E-state index is 10.4. The Bertz CT molecular complexity index is 504. The number of thiazole rings is 1. The maximum absolute atomic E-state index is 10.4. The van der Waals surface area contributed by atoms with Crippen LogP contribution < -0.4 is 0 Å². The molecule has 2 aromatic heterocycles. The standard InChI is InChI=1S/C10H11N3O2S/c1-13-6-11-4-8(13)10-12-7(5-16-10)2-3-9(14)15/h4-6H,2-3H2,1H3,(H,14,15). The Labute approximate surface area is 96.4 Å². The minimum Gasteiger partial charge on any atom is -0.481 e. The second-order valence-electron chi connectivity index (χ2n) is 3.43. The molecule has 0 amide bonds. The Balaban J connectivity index is 2.14. The van der Waals surface area contributed by atoms with Gasteiger partial charge in [-0.2, -0.15) is 0 Å². The molecular weight excluding hydrogens is 226 g/mol. The van der Waals surface area contributed by atoms with E-state index in [2.05, 4.69) is 9.97 Å². The summed E-state index contributed by atoms with van der Waals surface area (Å²) in [6.45, 7) is 0. The molecule has 2 aromatic rings. The first-order valence-electron chi connectivity index (χ1n) is 4.79. The van der Waals surface area contributed by atoms with Crippen molar-refractivity contribution in [2.24, 2.45) is 7.05 Å². The highest BCUT2D eigenvalue weighted by Gasteiger charge is 2.08. The van der Waals surface area contributed by atoms with Gasteiger partial charge < -0.3 is 9.67 Å². The lowest BCUT2D eigenvalue weighted by Crippen LogP contribution is -1.97. The highest BCUT2D eigenvalue weighted by Crippen LogP contribution is 2.23. The van der Waals surface area contributed by atoms with Gasteiger partial charge in [-0.05, 0) is 0 Å². The minimum atomic E-state index is -0.796. The summed E-state index contributed by atoms with van der Waals surface area (Å²) in [7, 11) is 1.90. The first kappa shape index (κ1) is 10.8. The number of carboxylic acids is 1. The van der Waals surface area contributed by atoms with Crippen molar-refractivity contribution < 1.29 is 9.90 Å². The molecule has 0 spiro atoms. The topological polar surface area (TPSA) is 68.0 Å². The van der Waals surface area contributed by atoms with E-state index in [1.807, 2.05) is 17.0 Å². The second-order valence-corrected chi connectivity index (χ2v) is 4.29. The molecule has 0 unspecified atom stereocenters. The molecule has 16 heavy (non-hydrogen) atoms. The lowest BCUT2D eigenvalue weighted by atomic mass is 10.2. The molecule has 6 heteroatoms. The van der Waals surface area contributed by atoms with E-state index in [0.717, 1.165) is 16.4 Å². The van der Waals surface area contributed by atoms with E-state index in [1.165, 1.54) is 11.3 Å². The predicted octanol–water partition coefficient (Wildman–Crippen LogP) is 1.56. The smallest absolute Gasteiger partial charge is 0.303 e. The third-order valence-electron chi connectivity index (χ3n) is 2.18. The van der Waals surface area contributed by atoms with Crippen LogP contribution >= 0.6 is 11.3 Å². The van der Waals surface area contributed by atoms with Crippen molar-refractivity contribution in [3.63, 3.8) is 0 Å². The average molecular weight is 237 g/mol. The molecule has 0 aliphatic heterocycles. The zero-order valence-corrected chi connectivity index (χ0v) is 9.57. The molecule has 0 atom stereocenters. The number of carbonyl (C=O) groups is 1. The summed E-state index contributed by atoms with van der Waals surface area (Å²) < 4.78 is 1.89. The van der Waals surface area contributed by atoms with Crippen LogP contribution in [-0.4, -0.2) is 25.6 Å². The van der Waals surface area contributed by atoms with Gasteiger partial charge in [0.2, 0.25) is 0 Å². The van der Waals surface area contributed by atoms with Crippen LogP contribution in [0.4, 0.5) is 0 Å². The summed E-state index contributed by atoms with van der Waals surface area (Å²) in [5, 5.41) is 11.3. The summed E-state index contributed by atoms with van der Waals surface area (Å²) in [6.07, 6.45) is 4.06. The number of carboxylic acid groups (broad SMARTS) is 1. The number of rotatable bonds is 4. The first-order chi connectivity index (χ1) is 7.66. The Morgan fingerprint density at radius 1 is 1.62 bits per heavy atom. The number of hydrogen-bond donors (Lipinski definition) is 1. The zero-order chi connectivity index (χ0) is 11.5. The molecule has 84 valence electrons. The van der Waals surface area contributed by atoms with Gasteiger partial charge in [-0.25, -0.2) is 9.97 Å². The third-order valence-corrected chi connectivity index (χ3v) is 3.10. The third kappa shape index (κ3) is 2.27. The molecule has 0 bridgehead atoms. The quantitative estimate of drug-likeness (QED) is 0.876. The number of nitrogens with zero attached hydrogens (tertiary/aromatic N) is 3. The summed E-state index contributed by atoms with van der Waals surface area (Å²) in [5.74, 6) is -0.796. The van der Waals surface area contributed by atoms with E-state index in [4.69, 9.17) is 5.11 Å². The largest absolute Gasteiger partial charge is 0.481 e. The van der Waals surface area contributed by atoms with Crippen molar-refractivity contribution >= 4 is 17.3 Å². The van der Waals surface area contributed by atoms with Crippen LogP contribution in [0.5, 0.6) is 0 Å². The van der Waals surface area contributed by atoms with Crippen molar-refractivity contribution in [2.45, 2.75) is 12.8 Å². The molecule has 0 fully saturated rings. The van der Waals surface area contributed by atoms with Crippen LogP contribution in [0.2, 0.25) is 0 Å². The minimum absolute atomic E-state index is 0.120. The number of aliphatic carboxylic acids is 1. The van der Waals surface area contributed by atoms with Crippen LogP contribution in [0.15, 0.2) is 17.9 Å². The van der Waals surface area contributed by atoms with E-state index in [1.54, 1.807) is 12.5 Å². The molecule has 0 radical (unpaired) electrons. The van der Waals surface area contributed by atoms with Crippen LogP contribution in [0.25, 0.3) is 10.7 Å². The summed E-state index contributed by atoms with van der Waals surface area (Å²) in [6, 6.07) is 0. The van der Waals surface area contributed by atoms with E-state index in [9.17, 15) is 4.79 Å². The molecule has 0 aliphatic carbocycles. The van der Waals surface area contributed by atoms with Gasteiger partial charge in [-0.3, -0.25) is 4.79 Å². The average Bonchev–Trinajstić information content (AvgIpc) is 2.83. The SMILES string of the molecule is Cn1cncc1-c1nc(CCC(=O)O)cs1. The van der Waals surface area contributed by atoms with E-state index in [-0.39, 0.29) is 6.42 Å². The Morgan fingerprint density at radius 3 is 3.06 bits per heavy atom. The van der Waals surface area contributed by atoms with E-state index >= 15 is 0 Å². The van der Waals surface area contributed by atoms with Gasteiger partial charge in [0.25, 0.3) is 0 Å². The van der Waals surface area contributed by atoms with E-state index < -0.39 is 5.97 Å². The molecular formula is C10H11N3O2S. The number of hydrogen-bond acceptors (Lipinski definition) is 4. The van der Waals surface area contributed by atoms with Gasteiger partial charge >= 0.3 is 5.97 Å². The molecule has 2 heterocycles. The fourth-order valence-corrected chi connectivity index (χ4v) is 2.24.